The quantitative estimate of drug-likeness (QED) is 0.520. The number of aromatic nitrogens is 4. The van der Waals surface area contributed by atoms with E-state index in [1.165, 1.54) is 0 Å². The van der Waals surface area contributed by atoms with Gasteiger partial charge in [0.1, 0.15) is 5.75 Å². The van der Waals surface area contributed by atoms with Gasteiger partial charge in [0.05, 0.1) is 7.11 Å². The van der Waals surface area contributed by atoms with Crippen LogP contribution in [0.3, 0.4) is 0 Å². The number of halogens is 2. The maximum atomic E-state index is 6.41. The molecule has 5 nitrogen and oxygen atoms in total. The van der Waals surface area contributed by atoms with Crippen molar-refractivity contribution in [3.63, 3.8) is 0 Å². The summed E-state index contributed by atoms with van der Waals surface area (Å²) in [5.41, 5.74) is 3.18. The molecule has 0 unspecified atom stereocenters. The third kappa shape index (κ3) is 2.92. The highest BCUT2D eigenvalue weighted by Crippen LogP contribution is 2.30. The molecule has 0 aliphatic heterocycles. The number of rotatable bonds is 3. The van der Waals surface area contributed by atoms with Crippen LogP contribution in [0.25, 0.3) is 28.2 Å². The molecular formula is C18H12Cl2N4O. The van der Waals surface area contributed by atoms with Gasteiger partial charge < -0.3 is 4.74 Å². The summed E-state index contributed by atoms with van der Waals surface area (Å²) in [6, 6.07) is 16.8. The molecule has 0 atom stereocenters. The van der Waals surface area contributed by atoms with Crippen LogP contribution < -0.4 is 4.74 Å². The van der Waals surface area contributed by atoms with Crippen LogP contribution in [0.4, 0.5) is 0 Å². The Morgan fingerprint density at radius 1 is 0.880 bits per heavy atom. The molecule has 0 saturated heterocycles. The smallest absolute Gasteiger partial charge is 0.185 e. The van der Waals surface area contributed by atoms with E-state index < -0.39 is 0 Å². The van der Waals surface area contributed by atoms with Crippen molar-refractivity contribution in [1.29, 1.82) is 0 Å². The number of fused-ring (bicyclic) bond motifs is 1. The van der Waals surface area contributed by atoms with E-state index in [4.69, 9.17) is 27.9 Å². The second-order valence-electron chi connectivity index (χ2n) is 5.38. The lowest BCUT2D eigenvalue weighted by molar-refractivity contribution is 0.415. The lowest BCUT2D eigenvalue weighted by atomic mass is 10.1. The first-order chi connectivity index (χ1) is 12.2. The van der Waals surface area contributed by atoms with Crippen molar-refractivity contribution in [2.45, 2.75) is 0 Å². The third-order valence-corrected chi connectivity index (χ3v) is 4.38. The fourth-order valence-electron chi connectivity index (χ4n) is 2.56. The normalized spacial score (nSPS) is 11.0. The summed E-state index contributed by atoms with van der Waals surface area (Å²) in [6.07, 6.45) is 0. The monoisotopic (exact) mass is 370 g/mol. The minimum atomic E-state index is 0.368. The third-order valence-electron chi connectivity index (χ3n) is 3.85. The Hall–Kier alpha value is -2.63. The van der Waals surface area contributed by atoms with Gasteiger partial charge in [0.2, 0.25) is 0 Å². The molecule has 0 saturated carbocycles. The Balaban J connectivity index is 1.82. The van der Waals surface area contributed by atoms with Gasteiger partial charge in [0.15, 0.2) is 16.6 Å². The summed E-state index contributed by atoms with van der Waals surface area (Å²) in [5, 5.41) is 13.9. The van der Waals surface area contributed by atoms with E-state index in [1.54, 1.807) is 23.8 Å². The zero-order valence-corrected chi connectivity index (χ0v) is 14.7. The Morgan fingerprint density at radius 3 is 2.24 bits per heavy atom. The molecule has 25 heavy (non-hydrogen) atoms. The molecule has 0 fully saturated rings. The van der Waals surface area contributed by atoms with Crippen molar-refractivity contribution >= 4 is 28.8 Å². The van der Waals surface area contributed by atoms with Crippen LogP contribution in [0.5, 0.6) is 5.75 Å². The first-order valence-electron chi connectivity index (χ1n) is 7.48. The number of methoxy groups -OCH3 is 1. The van der Waals surface area contributed by atoms with Crippen LogP contribution in [0.2, 0.25) is 10.2 Å². The van der Waals surface area contributed by atoms with Crippen molar-refractivity contribution in [1.82, 2.24) is 19.8 Å². The van der Waals surface area contributed by atoms with Crippen molar-refractivity contribution in [3.05, 3.63) is 64.8 Å². The molecule has 7 heteroatoms. The van der Waals surface area contributed by atoms with Crippen molar-refractivity contribution in [2.75, 3.05) is 7.11 Å². The number of nitrogens with zero attached hydrogens (tertiary/aromatic N) is 4. The Morgan fingerprint density at radius 2 is 1.56 bits per heavy atom. The van der Waals surface area contributed by atoms with Crippen molar-refractivity contribution in [2.24, 2.45) is 0 Å². The zero-order chi connectivity index (χ0) is 17.4. The average Bonchev–Trinajstić information content (AvgIpc) is 3.04. The van der Waals surface area contributed by atoms with Gasteiger partial charge in [-0.25, -0.2) is 0 Å². The van der Waals surface area contributed by atoms with Crippen molar-refractivity contribution in [3.8, 4) is 28.3 Å². The molecule has 4 rings (SSSR count). The molecule has 2 heterocycles. The SMILES string of the molecule is COc1ccc(-c2cc3nnc(-c4ccc(Cl)cc4)n3nc2Cl)cc1. The van der Waals surface area contributed by atoms with E-state index in [0.717, 1.165) is 22.4 Å². The highest BCUT2D eigenvalue weighted by atomic mass is 35.5. The molecule has 0 spiro atoms. The fraction of sp³-hybridized carbons (Fsp3) is 0.0556. The predicted octanol–water partition coefficient (Wildman–Crippen LogP) is 4.77. The van der Waals surface area contributed by atoms with Crippen LogP contribution >= 0.6 is 23.2 Å². The fourth-order valence-corrected chi connectivity index (χ4v) is 2.93. The summed E-state index contributed by atoms with van der Waals surface area (Å²) in [7, 11) is 1.63. The van der Waals surface area contributed by atoms with Crippen LogP contribution in [-0.4, -0.2) is 26.9 Å². The van der Waals surface area contributed by atoms with Gasteiger partial charge in [0, 0.05) is 16.1 Å². The average molecular weight is 371 g/mol. The lowest BCUT2D eigenvalue weighted by Gasteiger charge is -2.07. The Kier molecular flexibility index (Phi) is 4.03. The highest BCUT2D eigenvalue weighted by Gasteiger charge is 2.14. The summed E-state index contributed by atoms with van der Waals surface area (Å²) >= 11 is 12.4. The maximum absolute atomic E-state index is 6.41. The van der Waals surface area contributed by atoms with E-state index in [9.17, 15) is 0 Å². The van der Waals surface area contributed by atoms with Gasteiger partial charge in [-0.1, -0.05) is 35.3 Å². The summed E-state index contributed by atoms with van der Waals surface area (Å²) in [6.45, 7) is 0. The van der Waals surface area contributed by atoms with E-state index in [-0.39, 0.29) is 0 Å². The van der Waals surface area contributed by atoms with Crippen LogP contribution in [-0.2, 0) is 0 Å². The van der Waals surface area contributed by atoms with E-state index >= 15 is 0 Å². The zero-order valence-electron chi connectivity index (χ0n) is 13.1. The van der Waals surface area contributed by atoms with Gasteiger partial charge in [0.25, 0.3) is 0 Å². The second kappa shape index (κ2) is 6.35. The Bertz CT molecular complexity index is 1040. The van der Waals surface area contributed by atoms with Gasteiger partial charge >= 0.3 is 0 Å². The molecule has 0 bridgehead atoms. The molecule has 0 aliphatic rings. The molecule has 4 aromatic rings. The van der Waals surface area contributed by atoms with Crippen molar-refractivity contribution < 1.29 is 4.74 Å². The minimum absolute atomic E-state index is 0.368. The standard InChI is InChI=1S/C18H12Cl2N4O/c1-25-14-8-4-11(5-9-14)15-10-16-21-22-18(24(16)23-17(15)20)12-2-6-13(19)7-3-12/h2-10H,1H3. The van der Waals surface area contributed by atoms with Gasteiger partial charge in [-0.2, -0.15) is 9.61 Å². The molecular weight excluding hydrogens is 359 g/mol. The summed E-state index contributed by atoms with van der Waals surface area (Å²) in [5.74, 6) is 1.39. The van der Waals surface area contributed by atoms with Gasteiger partial charge in [-0.15, -0.1) is 10.2 Å². The van der Waals surface area contributed by atoms with E-state index in [2.05, 4.69) is 15.3 Å². The van der Waals surface area contributed by atoms with Crippen LogP contribution in [0.1, 0.15) is 0 Å². The van der Waals surface area contributed by atoms with Gasteiger partial charge in [-0.3, -0.25) is 0 Å². The van der Waals surface area contributed by atoms with Crippen LogP contribution in [0.15, 0.2) is 54.6 Å². The molecule has 0 N–H and O–H groups in total. The first kappa shape index (κ1) is 15.9. The number of hydrogen-bond donors (Lipinski definition) is 0. The molecule has 0 radical (unpaired) electrons. The summed E-state index contributed by atoms with van der Waals surface area (Å²) < 4.78 is 6.81. The maximum Gasteiger partial charge on any atom is 0.185 e. The predicted molar refractivity (Wildman–Crippen MR) is 98.2 cm³/mol. The molecule has 0 aliphatic carbocycles. The van der Waals surface area contributed by atoms with E-state index in [0.29, 0.717) is 21.6 Å². The summed E-state index contributed by atoms with van der Waals surface area (Å²) in [4.78, 5) is 0. The lowest BCUT2D eigenvalue weighted by Crippen LogP contribution is -1.97. The number of benzene rings is 2. The van der Waals surface area contributed by atoms with Gasteiger partial charge in [-0.05, 0) is 48.0 Å². The number of ether oxygens (including phenoxy) is 1. The van der Waals surface area contributed by atoms with Crippen LogP contribution in [0, 0.1) is 0 Å². The topological polar surface area (TPSA) is 52.3 Å². The largest absolute Gasteiger partial charge is 0.497 e. The second-order valence-corrected chi connectivity index (χ2v) is 6.17. The molecule has 2 aromatic carbocycles. The minimum Gasteiger partial charge on any atom is -0.497 e. The number of hydrogen-bond acceptors (Lipinski definition) is 4. The molecule has 2 aromatic heterocycles. The first-order valence-corrected chi connectivity index (χ1v) is 8.23. The Labute approximate surface area is 153 Å². The van der Waals surface area contributed by atoms with E-state index in [1.807, 2.05) is 42.5 Å². The molecule has 0 amide bonds. The highest BCUT2D eigenvalue weighted by molar-refractivity contribution is 6.32. The molecule has 124 valence electrons.